The molecule has 6 aliphatic heterocycles. The van der Waals surface area contributed by atoms with Crippen LogP contribution >= 0.6 is 0 Å². The summed E-state index contributed by atoms with van der Waals surface area (Å²) in [6.45, 7) is 57.2. The standard InChI is InChI=1S/C45H79N5O10Si.C39H65N5O10.C2HF3O2/c1-20-34(60-61(18,19)42(8,9)10)45(14)37(50(41(53)59-45)24-22-21-23-47-48-46)30(5)35(51)27(2)26-44(13,54-17)38(31(6)36-32(7)39(52)58-43(11,12)57-36)56-40-29(4)33(49(15)16)25-28(3)55-40;1-15-29(45)39(11)32(44(36(48)54-39)19-17-16-18-41-42-40)25(5)30(46)22(2)21-38(10,49-14)33(26(6)31-27(7)34(47)53-37(8,9)52-31)51-35-24(4)28(43(12)13)20-23(3)50-35;3-2(4,5)1(6)7/h27-29,31,33-34,37-38,40H,5,20-26H2,1-4,6-19H3;22-24,26,28-29,32-33,35,45H,5,15-21H2,1-4,6-14H3;(H,6,7)/t27-,28?,29?,31+,33?,34-,37-,38-,40+,44-,45-;22-,23?,24?,26+,28?,29-,32-,33-,35+,38-,39-;/m11./s1. The van der Waals surface area contributed by atoms with E-state index in [0.717, 1.165) is 12.8 Å². The number of hydrogen-bond acceptors (Lipinski definition) is 25. The van der Waals surface area contributed by atoms with Crippen LogP contribution in [-0.4, -0.2) is 262 Å². The summed E-state index contributed by atoms with van der Waals surface area (Å²) in [5.74, 6) is -8.58. The molecule has 2 N–H and O–H groups in total. The van der Waals surface area contributed by atoms with Crippen LogP contribution in [0, 0.1) is 35.5 Å². The average Bonchev–Trinajstić information content (AvgIpc) is 1.57. The molecule has 4 fully saturated rings. The summed E-state index contributed by atoms with van der Waals surface area (Å²) < 4.78 is 114. The van der Waals surface area contributed by atoms with E-state index in [1.807, 2.05) is 90.5 Å². The van der Waals surface area contributed by atoms with Crippen molar-refractivity contribution in [1.29, 1.82) is 0 Å². The van der Waals surface area contributed by atoms with E-state index < -0.39 is 151 Å². The van der Waals surface area contributed by atoms with Gasteiger partial charge < -0.3 is 81.3 Å². The molecule has 122 heavy (non-hydrogen) atoms. The molecule has 696 valence electrons. The highest BCUT2D eigenvalue weighted by molar-refractivity contribution is 6.74. The topological polar surface area (TPSA) is 390 Å². The predicted octanol–water partition coefficient (Wildman–Crippen LogP) is 16.2. The number of amides is 2. The number of ketones is 2. The third-order valence-corrected chi connectivity index (χ3v) is 29.8. The third kappa shape index (κ3) is 26.1. The molecular weight excluding hydrogens is 1610 g/mol. The van der Waals surface area contributed by atoms with Gasteiger partial charge in [-0.15, -0.1) is 0 Å². The Morgan fingerprint density at radius 1 is 0.615 bits per heavy atom. The predicted molar refractivity (Wildman–Crippen MR) is 453 cm³/mol. The van der Waals surface area contributed by atoms with Crippen molar-refractivity contribution in [3.63, 3.8) is 0 Å². The fraction of sp³-hybridized carbons (Fsp3) is 0.826. The number of rotatable bonds is 40. The fourth-order valence-electron chi connectivity index (χ4n) is 17.4. The molecule has 0 aromatic heterocycles. The number of Topliss-reactive ketones (excluding diaryl/α,β-unsaturated/α-hetero) is 2. The summed E-state index contributed by atoms with van der Waals surface area (Å²) in [6, 6.07) is -1.46. The number of carbonyl (C=O) groups excluding carboxylic acids is 6. The van der Waals surface area contributed by atoms with Crippen LogP contribution in [0.4, 0.5) is 22.8 Å². The zero-order chi connectivity index (χ0) is 93.6. The number of aliphatic carboxylic acids is 1. The van der Waals surface area contributed by atoms with Crippen molar-refractivity contribution in [2.24, 2.45) is 45.7 Å². The van der Waals surface area contributed by atoms with Crippen molar-refractivity contribution < 1.29 is 118 Å². The van der Waals surface area contributed by atoms with E-state index in [9.17, 15) is 42.3 Å². The molecule has 22 atom stereocenters. The molecule has 0 spiro atoms. The highest BCUT2D eigenvalue weighted by Crippen LogP contribution is 2.49. The summed E-state index contributed by atoms with van der Waals surface area (Å²) in [5.41, 5.74) is 13.4. The summed E-state index contributed by atoms with van der Waals surface area (Å²) in [5, 5.41) is 25.4. The molecule has 32 nitrogen and oxygen atoms in total. The van der Waals surface area contributed by atoms with Crippen molar-refractivity contribution in [1.82, 2.24) is 19.6 Å². The van der Waals surface area contributed by atoms with Crippen LogP contribution in [0.2, 0.25) is 18.1 Å². The number of carboxylic acid groups (broad SMARTS) is 1. The number of hydrogen-bond donors (Lipinski definition) is 2. The minimum absolute atomic E-state index is 0.0417. The van der Waals surface area contributed by atoms with Gasteiger partial charge in [0.05, 0.1) is 59.0 Å². The molecule has 0 radical (unpaired) electrons. The average molecular weight is 1760 g/mol. The number of ether oxygens (including phenoxy) is 12. The number of unbranched alkanes of at least 4 members (excludes halogenated alkanes) is 2. The second kappa shape index (κ2) is 43.5. The number of azide groups is 2. The zero-order valence-electron chi connectivity index (χ0n) is 78.4. The number of aliphatic hydroxyl groups excluding tert-OH is 1. The van der Waals surface area contributed by atoms with Crippen LogP contribution in [0.25, 0.3) is 20.9 Å². The fourth-order valence-corrected chi connectivity index (χ4v) is 18.9. The molecule has 4 saturated heterocycles. The molecular formula is C86H145F3N10O22Si. The van der Waals surface area contributed by atoms with Gasteiger partial charge in [-0.25, -0.2) is 24.0 Å². The monoisotopic (exact) mass is 1760 g/mol. The molecule has 36 heteroatoms. The molecule has 0 aliphatic carbocycles. The Kier molecular flexibility index (Phi) is 38.3. The highest BCUT2D eigenvalue weighted by Gasteiger charge is 2.61. The van der Waals surface area contributed by atoms with E-state index in [4.69, 9.17) is 82.2 Å². The maximum atomic E-state index is 15.0. The van der Waals surface area contributed by atoms with Crippen molar-refractivity contribution in [3.8, 4) is 0 Å². The Morgan fingerprint density at radius 2 is 0.959 bits per heavy atom. The second-order valence-corrected chi connectivity index (χ2v) is 42.2. The lowest BCUT2D eigenvalue weighted by Crippen LogP contribution is -2.58. The van der Waals surface area contributed by atoms with Gasteiger partial charge in [0.2, 0.25) is 11.6 Å². The SMILES string of the molecule is C=C(C(=O)[C@H](C)C[C@@](C)(OC)[C@H](O[C@@H]1OC(C)CC(N(C)C)C1C)[C@@H](C)C1=C(C)C(=O)OC(C)(C)O1)[C@H]1N(CCCCN=[N+]=[N-])C(=O)O[C@]1(C)[C@@H](CC)O[Si](C)(C)C(C)(C)C.C=C(C(=O)[C@H](C)C[C@@](C)(OC)[C@H](O[C@@H]1OC(C)CC(N(C)C)C1C)[C@@H](C)C1=C(C)C(=O)OC(C)(C)O1)[C@H]1N(CCCCN=[N+]=[N-])C(=O)O[C@]1(C)[C@H](O)CC.O=C(O)C(F)(F)F. The number of cyclic esters (lactones) is 4. The van der Waals surface area contributed by atoms with Gasteiger partial charge in [0.25, 0.3) is 0 Å². The largest absolute Gasteiger partial charge is 0.490 e. The highest BCUT2D eigenvalue weighted by atomic mass is 28.4. The first-order chi connectivity index (χ1) is 56.0. The second-order valence-electron chi connectivity index (χ2n) is 37.5. The Balaban J connectivity index is 0.000000477. The smallest absolute Gasteiger partial charge is 0.475 e. The van der Waals surface area contributed by atoms with Crippen LogP contribution in [0.15, 0.2) is 57.2 Å². The number of carboxylic acids is 1. The molecule has 6 heterocycles. The van der Waals surface area contributed by atoms with Gasteiger partial charge in [0.15, 0.2) is 43.7 Å². The number of methoxy groups -OCH3 is 2. The quantitative estimate of drug-likeness (QED) is 0.00841. The number of carbonyl (C=O) groups is 7. The van der Waals surface area contributed by atoms with Crippen molar-refractivity contribution in [2.75, 3.05) is 68.6 Å². The van der Waals surface area contributed by atoms with E-state index in [1.165, 1.54) is 4.90 Å². The Bertz CT molecular complexity index is 3830. The van der Waals surface area contributed by atoms with Gasteiger partial charge in [-0.3, -0.25) is 19.4 Å². The van der Waals surface area contributed by atoms with E-state index in [-0.39, 0.29) is 109 Å². The summed E-state index contributed by atoms with van der Waals surface area (Å²) in [6.07, 6.45) is -6.15. The Labute approximate surface area is 721 Å². The molecule has 6 unspecified atom stereocenters. The normalized spacial score (nSPS) is 28.5. The lowest BCUT2D eigenvalue weighted by Gasteiger charge is -2.48. The van der Waals surface area contributed by atoms with Gasteiger partial charge >= 0.3 is 36.3 Å². The van der Waals surface area contributed by atoms with E-state index >= 15 is 4.79 Å². The summed E-state index contributed by atoms with van der Waals surface area (Å²) in [7, 11) is 8.93. The van der Waals surface area contributed by atoms with Gasteiger partial charge in [-0.2, -0.15) is 13.2 Å². The van der Waals surface area contributed by atoms with E-state index in [0.29, 0.717) is 54.8 Å². The molecule has 0 saturated carbocycles. The molecule has 0 aromatic carbocycles. The van der Waals surface area contributed by atoms with E-state index in [2.05, 4.69) is 90.7 Å². The van der Waals surface area contributed by atoms with Gasteiger partial charge in [-0.1, -0.05) is 99.5 Å². The van der Waals surface area contributed by atoms with Gasteiger partial charge in [-0.05, 0) is 177 Å². The van der Waals surface area contributed by atoms with Crippen molar-refractivity contribution in [3.05, 3.63) is 67.9 Å². The lowest BCUT2D eigenvalue weighted by atomic mass is 9.76. The zero-order valence-corrected chi connectivity index (χ0v) is 79.4. The first kappa shape index (κ1) is 107. The number of halogens is 3. The number of esters is 2. The molecule has 0 bridgehead atoms. The Hall–Kier alpha value is -6.92. The maximum Gasteiger partial charge on any atom is 0.490 e. The first-order valence-electron chi connectivity index (χ1n) is 42.5. The number of alkyl halides is 3. The minimum Gasteiger partial charge on any atom is -0.475 e. The first-order valence-corrected chi connectivity index (χ1v) is 45.4. The van der Waals surface area contributed by atoms with Crippen LogP contribution in [0.3, 0.4) is 0 Å². The molecule has 0 aromatic rings. The molecule has 2 amide bonds. The minimum atomic E-state index is -5.08. The summed E-state index contributed by atoms with van der Waals surface area (Å²) >= 11 is 0. The summed E-state index contributed by atoms with van der Waals surface area (Å²) in [4.78, 5) is 105. The lowest BCUT2D eigenvalue weighted by molar-refractivity contribution is -0.285. The number of nitrogens with zero attached hydrogens (tertiary/aromatic N) is 10. The molecule has 6 aliphatic rings. The van der Waals surface area contributed by atoms with Crippen LogP contribution in [0.5, 0.6) is 0 Å². The third-order valence-electron chi connectivity index (χ3n) is 25.3. The van der Waals surface area contributed by atoms with Crippen LogP contribution in [0.1, 0.15) is 223 Å². The van der Waals surface area contributed by atoms with Crippen LogP contribution in [-0.2, 0) is 85.2 Å². The van der Waals surface area contributed by atoms with E-state index in [1.54, 1.807) is 81.4 Å². The van der Waals surface area contributed by atoms with Crippen molar-refractivity contribution in [2.45, 2.75) is 355 Å². The van der Waals surface area contributed by atoms with Crippen molar-refractivity contribution >= 4 is 50.0 Å². The van der Waals surface area contributed by atoms with Crippen LogP contribution < -0.4 is 0 Å². The molecule has 6 rings (SSSR count). The Morgan fingerprint density at radius 3 is 1.26 bits per heavy atom. The van der Waals surface area contributed by atoms with Gasteiger partial charge in [0, 0.05) is 137 Å². The van der Waals surface area contributed by atoms with Gasteiger partial charge in [0.1, 0.15) is 23.6 Å². The maximum absolute atomic E-state index is 15.0. The number of aliphatic hydroxyl groups is 1.